The van der Waals surface area contributed by atoms with Crippen LogP contribution in [0.1, 0.15) is 35.8 Å². The molecule has 2 aromatic rings. The largest absolute Gasteiger partial charge is 0.395 e. The molecule has 2 heterocycles. The third kappa shape index (κ3) is 3.65. The van der Waals surface area contributed by atoms with Gasteiger partial charge in [-0.15, -0.1) is 0 Å². The first-order valence-corrected chi connectivity index (χ1v) is 15.9. The Bertz CT molecular complexity index is 1320. The number of ether oxygens (including phenoxy) is 2. The maximum atomic E-state index is 12.9. The lowest BCUT2D eigenvalue weighted by Gasteiger charge is -2.50. The molecular weight excluding hydrogens is 734 g/mol. The summed E-state index contributed by atoms with van der Waals surface area (Å²) in [6.07, 6.45) is 5.75. The molecule has 2 aliphatic heterocycles. The van der Waals surface area contributed by atoms with E-state index in [1.807, 2.05) is 48.6 Å². The first kappa shape index (κ1) is 27.4. The average molecular weight is 764 g/mol. The van der Waals surface area contributed by atoms with E-state index in [2.05, 4.69) is 69.4 Å². The second-order valence-corrected chi connectivity index (χ2v) is 14.5. The van der Waals surface area contributed by atoms with Crippen LogP contribution in [0.5, 0.6) is 0 Å². The second-order valence-electron chi connectivity index (χ2n) is 12.0. The maximum Gasteiger partial charge on any atom is 0.180 e. The molecule has 0 radical (unpaired) electrons. The van der Waals surface area contributed by atoms with Crippen LogP contribution in [0.2, 0.25) is 0 Å². The van der Waals surface area contributed by atoms with Crippen molar-refractivity contribution in [2.75, 3.05) is 26.4 Å². The molecule has 40 heavy (non-hydrogen) atoms. The minimum absolute atomic E-state index is 0.0551. The van der Waals surface area contributed by atoms with Crippen LogP contribution in [0.15, 0.2) is 80.0 Å². The Morgan fingerprint density at radius 2 is 1.00 bits per heavy atom. The molecule has 0 aromatic heterocycles. The maximum absolute atomic E-state index is 12.9. The molecule has 8 aliphatic rings. The quantitative estimate of drug-likeness (QED) is 0.341. The smallest absolute Gasteiger partial charge is 0.180 e. The molecule has 2 saturated heterocycles. The minimum atomic E-state index is -0.802. The third-order valence-electron chi connectivity index (χ3n) is 10.2. The number of fused-ring (bicyclic) bond motifs is 2. The van der Waals surface area contributed by atoms with Gasteiger partial charge in [-0.05, 0) is 76.3 Å². The fraction of sp³-hybridized carbons (Fsp3) is 0.438. The predicted molar refractivity (Wildman–Crippen MR) is 165 cm³/mol. The van der Waals surface area contributed by atoms with Crippen LogP contribution in [0.3, 0.4) is 0 Å². The molecule has 2 N–H and O–H groups in total. The number of aliphatic hydroxyl groups excluding tert-OH is 2. The normalized spacial score (nSPS) is 41.9. The van der Waals surface area contributed by atoms with Crippen molar-refractivity contribution in [3.8, 4) is 0 Å². The number of epoxide rings is 2. The third-order valence-corrected chi connectivity index (χ3v) is 12.3. The Labute approximate surface area is 260 Å². The molecule has 6 aliphatic carbocycles. The van der Waals surface area contributed by atoms with Gasteiger partial charge in [-0.3, -0.25) is 9.59 Å². The van der Waals surface area contributed by atoms with Crippen LogP contribution >= 0.6 is 45.2 Å². The van der Waals surface area contributed by atoms with Gasteiger partial charge in [0.05, 0.1) is 37.3 Å². The van der Waals surface area contributed by atoms with E-state index in [0.717, 1.165) is 24.0 Å². The van der Waals surface area contributed by atoms with Crippen molar-refractivity contribution < 1.29 is 29.3 Å². The minimum Gasteiger partial charge on any atom is -0.395 e. The number of ketones is 2. The number of hydrogen-bond acceptors (Lipinski definition) is 6. The summed E-state index contributed by atoms with van der Waals surface area (Å²) < 4.78 is 13.5. The molecule has 6 nitrogen and oxygen atoms in total. The summed E-state index contributed by atoms with van der Waals surface area (Å²) in [6, 6.07) is 20.1. The van der Waals surface area contributed by atoms with E-state index in [0.29, 0.717) is 13.2 Å². The van der Waals surface area contributed by atoms with Gasteiger partial charge in [0.1, 0.15) is 0 Å². The zero-order chi connectivity index (χ0) is 27.9. The first-order chi connectivity index (χ1) is 19.3. The summed E-state index contributed by atoms with van der Waals surface area (Å²) in [6.45, 7) is 0.742. The zero-order valence-electron chi connectivity index (χ0n) is 21.8. The number of rotatable bonds is 4. The summed E-state index contributed by atoms with van der Waals surface area (Å²) in [5, 5.41) is 20.0. The zero-order valence-corrected chi connectivity index (χ0v) is 26.1. The van der Waals surface area contributed by atoms with Crippen LogP contribution in [0, 0.1) is 22.7 Å². The molecule has 0 amide bonds. The second kappa shape index (κ2) is 9.54. The van der Waals surface area contributed by atoms with Gasteiger partial charge >= 0.3 is 0 Å². The molecule has 4 bridgehead atoms. The van der Waals surface area contributed by atoms with Gasteiger partial charge in [0.25, 0.3) is 0 Å². The number of aliphatic hydroxyl groups is 2. The van der Waals surface area contributed by atoms with E-state index >= 15 is 0 Å². The summed E-state index contributed by atoms with van der Waals surface area (Å²) in [4.78, 5) is 25.8. The lowest BCUT2D eigenvalue weighted by molar-refractivity contribution is -0.143. The van der Waals surface area contributed by atoms with E-state index in [-0.39, 0.29) is 48.5 Å². The van der Waals surface area contributed by atoms with Gasteiger partial charge in [0.2, 0.25) is 0 Å². The van der Waals surface area contributed by atoms with Gasteiger partial charge in [0, 0.05) is 23.7 Å². The molecule has 4 unspecified atom stereocenters. The average Bonchev–Trinajstić information content (AvgIpc) is 3.92. The number of Topliss-reactive ketones (excluding diaryl/α,β-unsaturated/α-hetero) is 2. The Balaban J connectivity index is 0.000000132. The number of carbonyl (C=O) groups is 2. The molecule has 208 valence electrons. The summed E-state index contributed by atoms with van der Waals surface area (Å²) in [7, 11) is 0. The summed E-state index contributed by atoms with van der Waals surface area (Å²) >= 11 is 4.61. The summed E-state index contributed by atoms with van der Waals surface area (Å²) in [5.41, 5.74) is -0.587. The van der Waals surface area contributed by atoms with Crippen LogP contribution in [0.25, 0.3) is 0 Å². The number of hydrogen-bond donors (Lipinski definition) is 2. The van der Waals surface area contributed by atoms with E-state index in [9.17, 15) is 19.8 Å². The molecular formula is C32H30I2O6. The highest BCUT2D eigenvalue weighted by Crippen LogP contribution is 2.65. The van der Waals surface area contributed by atoms with Crippen molar-refractivity contribution >= 4 is 56.7 Å². The monoisotopic (exact) mass is 764 g/mol. The van der Waals surface area contributed by atoms with Gasteiger partial charge < -0.3 is 19.7 Å². The molecule has 8 atom stereocenters. The topological polar surface area (TPSA) is 99.7 Å². The van der Waals surface area contributed by atoms with Crippen LogP contribution in [-0.4, -0.2) is 59.4 Å². The van der Waals surface area contributed by atoms with Gasteiger partial charge in [-0.25, -0.2) is 0 Å². The lowest BCUT2D eigenvalue weighted by atomic mass is 9.53. The highest BCUT2D eigenvalue weighted by Gasteiger charge is 2.72. The van der Waals surface area contributed by atoms with E-state index in [1.165, 1.54) is 7.16 Å². The van der Waals surface area contributed by atoms with E-state index < -0.39 is 22.0 Å². The number of halogens is 2. The van der Waals surface area contributed by atoms with Crippen molar-refractivity contribution in [3.63, 3.8) is 0 Å². The fourth-order valence-electron chi connectivity index (χ4n) is 7.90. The Hall–Kier alpha value is -1.44. The van der Waals surface area contributed by atoms with E-state index in [4.69, 9.17) is 9.47 Å². The van der Waals surface area contributed by atoms with Crippen LogP contribution in [0.4, 0.5) is 0 Å². The molecule has 2 spiro atoms. The molecule has 4 fully saturated rings. The van der Waals surface area contributed by atoms with E-state index in [1.54, 1.807) is 0 Å². The Morgan fingerprint density at radius 1 is 0.650 bits per heavy atom. The Morgan fingerprint density at radius 3 is 1.30 bits per heavy atom. The molecule has 8 heteroatoms. The lowest BCUT2D eigenvalue weighted by Crippen LogP contribution is -2.58. The highest BCUT2D eigenvalue weighted by molar-refractivity contribution is 14.1. The SMILES string of the molecule is O=C1[C@@]2(CO)C=C(I)C(CC2c2ccccc2)[C@@]12CO2.O=C1[C@@]2(CO)C=C(I)C(CC2c2ccccc2)[C@]12CO2. The highest BCUT2D eigenvalue weighted by atomic mass is 127. The van der Waals surface area contributed by atoms with Gasteiger partial charge in [-0.1, -0.05) is 72.8 Å². The van der Waals surface area contributed by atoms with Crippen molar-refractivity contribution in [2.24, 2.45) is 22.7 Å². The number of carbonyl (C=O) groups excluding carboxylic acids is 2. The molecule has 2 aromatic carbocycles. The molecule has 10 rings (SSSR count). The first-order valence-electron chi connectivity index (χ1n) is 13.7. The van der Waals surface area contributed by atoms with Crippen LogP contribution < -0.4 is 0 Å². The fourth-order valence-corrected chi connectivity index (χ4v) is 10.5. The molecule has 2 saturated carbocycles. The summed E-state index contributed by atoms with van der Waals surface area (Å²) in [5.74, 6) is 0.596. The van der Waals surface area contributed by atoms with Crippen molar-refractivity contribution in [1.29, 1.82) is 0 Å². The van der Waals surface area contributed by atoms with Crippen molar-refractivity contribution in [1.82, 2.24) is 0 Å². The van der Waals surface area contributed by atoms with Crippen molar-refractivity contribution in [3.05, 3.63) is 91.1 Å². The van der Waals surface area contributed by atoms with Gasteiger partial charge in [-0.2, -0.15) is 0 Å². The van der Waals surface area contributed by atoms with Gasteiger partial charge in [0.15, 0.2) is 22.8 Å². The number of benzene rings is 2. The van der Waals surface area contributed by atoms with Crippen molar-refractivity contribution in [2.45, 2.75) is 35.9 Å². The predicted octanol–water partition coefficient (Wildman–Crippen LogP) is 4.88. The van der Waals surface area contributed by atoms with Crippen LogP contribution in [-0.2, 0) is 19.1 Å². The Kier molecular flexibility index (Phi) is 6.53. The standard InChI is InChI=1S/2C16H15IO3/c2*17-13-7-15(8-18)11(10-4-2-1-3-5-10)6-12(13)16(9-20-16)14(15)19/h2*1-5,7,11-12,18H,6,8-9H2/t11?,12?,15-,16+;11?,12?,15-,16-/m11/s1.